The molecule has 1 atom stereocenters. The number of rotatable bonds is 9. The molecule has 200 valence electrons. The van der Waals surface area contributed by atoms with Gasteiger partial charge in [-0.15, -0.1) is 10.2 Å². The van der Waals surface area contributed by atoms with E-state index in [4.69, 9.17) is 0 Å². The first-order valence-electron chi connectivity index (χ1n) is 12.9. The number of halogens is 3. The number of phenols is 1. The molecule has 1 aliphatic carbocycles. The number of aromatic hydroxyl groups is 1. The van der Waals surface area contributed by atoms with Gasteiger partial charge in [-0.1, -0.05) is 39.5 Å². The van der Waals surface area contributed by atoms with Crippen molar-refractivity contribution in [1.82, 2.24) is 10.2 Å². The molecule has 1 aromatic carbocycles. The maximum Gasteiger partial charge on any atom is 0.416 e. The van der Waals surface area contributed by atoms with Crippen LogP contribution in [0.25, 0.3) is 11.3 Å². The summed E-state index contributed by atoms with van der Waals surface area (Å²) in [4.78, 5) is 9.18. The van der Waals surface area contributed by atoms with Crippen LogP contribution < -0.4 is 5.32 Å². The lowest BCUT2D eigenvalue weighted by atomic mass is 9.94. The number of aryl methyl sites for hydroxylation is 2. The minimum Gasteiger partial charge on any atom is -0.507 e. The van der Waals surface area contributed by atoms with E-state index in [2.05, 4.69) is 34.1 Å². The Morgan fingerprint density at radius 2 is 1.78 bits per heavy atom. The van der Waals surface area contributed by atoms with Crippen molar-refractivity contribution < 1.29 is 27.8 Å². The van der Waals surface area contributed by atoms with E-state index >= 15 is 0 Å². The third-order valence-electron chi connectivity index (χ3n) is 6.26. The summed E-state index contributed by atoms with van der Waals surface area (Å²) in [5.41, 5.74) is 1.45. The van der Waals surface area contributed by atoms with Gasteiger partial charge in [0.2, 0.25) is 0 Å². The average Bonchev–Trinajstić information content (AvgIpc) is 2.92. The van der Waals surface area contributed by atoms with Crippen molar-refractivity contribution in [1.29, 1.82) is 0 Å². The van der Waals surface area contributed by atoms with E-state index in [0.717, 1.165) is 62.6 Å². The van der Waals surface area contributed by atoms with Gasteiger partial charge in [0.15, 0.2) is 0 Å². The average molecular weight is 510 g/mol. The summed E-state index contributed by atoms with van der Waals surface area (Å²) in [7, 11) is 0. The molecule has 1 unspecified atom stereocenters. The summed E-state index contributed by atoms with van der Waals surface area (Å²) in [5.74, 6) is 0.309. The van der Waals surface area contributed by atoms with Gasteiger partial charge in [0, 0.05) is 11.6 Å². The van der Waals surface area contributed by atoms with Gasteiger partial charge < -0.3 is 15.2 Å². The lowest BCUT2D eigenvalue weighted by molar-refractivity contribution is -0.137. The standard InChI is InChI=1S/C24H32F3N3O.C3H6O2/c1-3-5-7-12-19(4-2)28-21-14-17-11-9-6-8-10-16-13-18(24(25,26)27)15-20(31)22(16)23(17)30-29-21;1-2-5-3-4/h13-15,19,31H,3-12H2,1-2H3,(H,28,29);3H,2H2,1H3. The Bertz CT molecular complexity index is 967. The van der Waals surface area contributed by atoms with E-state index < -0.39 is 11.7 Å². The zero-order valence-corrected chi connectivity index (χ0v) is 21.5. The lowest BCUT2D eigenvalue weighted by Crippen LogP contribution is -2.19. The van der Waals surface area contributed by atoms with E-state index in [9.17, 15) is 23.1 Å². The number of unbranched alkanes of at least 4 members (excludes halogenated alkanes) is 2. The van der Waals surface area contributed by atoms with Crippen LogP contribution in [-0.4, -0.2) is 34.4 Å². The highest BCUT2D eigenvalue weighted by Gasteiger charge is 2.33. The Hall–Kier alpha value is -2.84. The fourth-order valence-electron chi connectivity index (χ4n) is 4.33. The Morgan fingerprint density at radius 3 is 2.36 bits per heavy atom. The van der Waals surface area contributed by atoms with Crippen molar-refractivity contribution in [2.45, 2.75) is 97.2 Å². The Balaban J connectivity index is 0.000000830. The molecule has 1 heterocycles. The molecule has 1 aromatic heterocycles. The van der Waals surface area contributed by atoms with Crippen LogP contribution in [0.4, 0.5) is 19.0 Å². The van der Waals surface area contributed by atoms with Crippen molar-refractivity contribution in [3.63, 3.8) is 0 Å². The highest BCUT2D eigenvalue weighted by molar-refractivity contribution is 5.74. The van der Waals surface area contributed by atoms with Gasteiger partial charge in [0.25, 0.3) is 6.47 Å². The van der Waals surface area contributed by atoms with Crippen LogP contribution in [0.2, 0.25) is 0 Å². The van der Waals surface area contributed by atoms with Crippen molar-refractivity contribution in [3.8, 4) is 17.0 Å². The highest BCUT2D eigenvalue weighted by atomic mass is 19.4. The van der Waals surface area contributed by atoms with Crippen molar-refractivity contribution >= 4 is 12.3 Å². The zero-order chi connectivity index (χ0) is 26.6. The van der Waals surface area contributed by atoms with Gasteiger partial charge in [0.1, 0.15) is 17.3 Å². The van der Waals surface area contributed by atoms with Crippen LogP contribution >= 0.6 is 0 Å². The van der Waals surface area contributed by atoms with Crippen LogP contribution in [0.5, 0.6) is 5.75 Å². The van der Waals surface area contributed by atoms with Gasteiger partial charge in [-0.2, -0.15) is 13.2 Å². The summed E-state index contributed by atoms with van der Waals surface area (Å²) in [6.07, 6.45) is 4.91. The minimum atomic E-state index is -4.50. The summed E-state index contributed by atoms with van der Waals surface area (Å²) in [6.45, 7) is 6.99. The molecule has 2 N–H and O–H groups in total. The number of carbonyl (C=O) groups excluding carboxylic acids is 1. The first-order valence-corrected chi connectivity index (χ1v) is 12.9. The molecule has 0 amide bonds. The molecule has 0 bridgehead atoms. The molecule has 0 saturated carbocycles. The molecule has 0 fully saturated rings. The first-order chi connectivity index (χ1) is 17.2. The second-order valence-electron chi connectivity index (χ2n) is 8.99. The van der Waals surface area contributed by atoms with Gasteiger partial charge in [-0.25, -0.2) is 0 Å². The highest BCUT2D eigenvalue weighted by Crippen LogP contribution is 2.41. The van der Waals surface area contributed by atoms with Crippen LogP contribution in [0, 0.1) is 0 Å². The summed E-state index contributed by atoms with van der Waals surface area (Å²) in [6, 6.07) is 4.22. The number of carbonyl (C=O) groups is 1. The fraction of sp³-hybridized carbons (Fsp3) is 0.593. The fourth-order valence-corrected chi connectivity index (χ4v) is 4.33. The van der Waals surface area contributed by atoms with E-state index in [-0.39, 0.29) is 5.75 Å². The predicted molar refractivity (Wildman–Crippen MR) is 135 cm³/mol. The number of phenolic OH excluding ortho intramolecular Hbond substituents is 1. The second kappa shape index (κ2) is 14.7. The maximum absolute atomic E-state index is 13.3. The molecule has 1 aliphatic rings. The predicted octanol–water partition coefficient (Wildman–Crippen LogP) is 7.09. The van der Waals surface area contributed by atoms with Crippen molar-refractivity contribution in [3.05, 3.63) is 34.9 Å². The first kappa shape index (κ1) is 29.4. The Morgan fingerprint density at radius 1 is 1.06 bits per heavy atom. The third-order valence-corrected chi connectivity index (χ3v) is 6.26. The number of hydrogen-bond acceptors (Lipinski definition) is 6. The molecule has 36 heavy (non-hydrogen) atoms. The number of aromatic nitrogens is 2. The molecule has 0 radical (unpaired) electrons. The van der Waals surface area contributed by atoms with Crippen LogP contribution in [0.15, 0.2) is 18.2 Å². The van der Waals surface area contributed by atoms with E-state index in [1.807, 2.05) is 6.07 Å². The largest absolute Gasteiger partial charge is 0.507 e. The molecule has 9 heteroatoms. The topological polar surface area (TPSA) is 84.3 Å². The summed E-state index contributed by atoms with van der Waals surface area (Å²) >= 11 is 0. The van der Waals surface area contributed by atoms with Crippen LogP contribution in [-0.2, 0) is 28.5 Å². The summed E-state index contributed by atoms with van der Waals surface area (Å²) in [5, 5.41) is 22.7. The third kappa shape index (κ3) is 8.68. The van der Waals surface area contributed by atoms with Gasteiger partial charge in [0.05, 0.1) is 12.2 Å². The molecular weight excluding hydrogens is 471 g/mol. The lowest BCUT2D eigenvalue weighted by Gasteiger charge is -2.19. The van der Waals surface area contributed by atoms with Gasteiger partial charge >= 0.3 is 6.18 Å². The smallest absolute Gasteiger partial charge is 0.416 e. The number of hydrogen-bond donors (Lipinski definition) is 2. The maximum atomic E-state index is 13.3. The Labute approximate surface area is 211 Å². The number of ether oxygens (including phenoxy) is 1. The van der Waals surface area contributed by atoms with E-state index in [1.54, 1.807) is 6.92 Å². The molecule has 0 aliphatic heterocycles. The van der Waals surface area contributed by atoms with Crippen LogP contribution in [0.1, 0.15) is 88.8 Å². The van der Waals surface area contributed by atoms with Crippen LogP contribution in [0.3, 0.4) is 0 Å². The number of benzene rings is 1. The molecule has 6 nitrogen and oxygen atoms in total. The quantitative estimate of drug-likeness (QED) is 0.277. The number of anilines is 1. The van der Waals surface area contributed by atoms with Gasteiger partial charge in [-0.3, -0.25) is 4.79 Å². The Kier molecular flexibility index (Phi) is 12.0. The number of nitrogens with zero attached hydrogens (tertiary/aromatic N) is 2. The van der Waals surface area contributed by atoms with Crippen molar-refractivity contribution in [2.75, 3.05) is 11.9 Å². The molecule has 0 spiro atoms. The van der Waals surface area contributed by atoms with Gasteiger partial charge in [-0.05, 0) is 74.8 Å². The molecule has 3 rings (SSSR count). The summed E-state index contributed by atoms with van der Waals surface area (Å²) < 4.78 is 44.0. The monoisotopic (exact) mass is 509 g/mol. The van der Waals surface area contributed by atoms with E-state index in [1.165, 1.54) is 12.8 Å². The zero-order valence-electron chi connectivity index (χ0n) is 21.5. The SMILES string of the molecule is CCCCCC(CC)Nc1cc2c(nn1)-c1c(O)cc(C(F)(F)F)cc1CCCCC2.CCOC=O. The minimum absolute atomic E-state index is 0.310. The molecular formula is C27H38F3N3O3. The number of alkyl halides is 3. The molecule has 2 aromatic rings. The number of nitrogens with one attached hydrogen (secondary N) is 1. The molecule has 0 saturated heterocycles. The normalized spacial score (nSPS) is 14.1. The number of fused-ring (bicyclic) bond motifs is 3. The second-order valence-corrected chi connectivity index (χ2v) is 8.99. The van der Waals surface area contributed by atoms with Crippen molar-refractivity contribution in [2.24, 2.45) is 0 Å². The van der Waals surface area contributed by atoms with E-state index in [0.29, 0.717) is 48.2 Å².